The molecule has 0 aromatic heterocycles. The molecule has 1 aliphatic rings. The molecule has 0 unspecified atom stereocenters. The highest BCUT2D eigenvalue weighted by Gasteiger charge is 2.34. The van der Waals surface area contributed by atoms with Crippen LogP contribution in [0, 0.1) is 0 Å². The minimum absolute atomic E-state index is 0.122. The van der Waals surface area contributed by atoms with E-state index >= 15 is 0 Å². The second-order valence-electron chi connectivity index (χ2n) is 6.26. The fraction of sp³-hybridized carbons (Fsp3) is 0.190. The molecule has 3 rings (SSSR count). The summed E-state index contributed by atoms with van der Waals surface area (Å²) < 4.78 is 5.09. The van der Waals surface area contributed by atoms with Gasteiger partial charge in [0, 0.05) is 18.1 Å². The molecule has 0 aliphatic carbocycles. The Hall–Kier alpha value is -2.77. The highest BCUT2D eigenvalue weighted by Crippen LogP contribution is 2.32. The first-order valence-corrected chi connectivity index (χ1v) is 10.1. The molecule has 150 valence electrons. The number of rotatable bonds is 7. The van der Waals surface area contributed by atoms with Gasteiger partial charge < -0.3 is 10.1 Å². The van der Waals surface area contributed by atoms with Crippen LogP contribution in [0.4, 0.5) is 4.79 Å². The molecule has 29 heavy (non-hydrogen) atoms. The normalized spacial score (nSPS) is 15.1. The number of nitrogens with one attached hydrogen (secondary N) is 1. The van der Waals surface area contributed by atoms with E-state index in [0.717, 1.165) is 33.5 Å². The summed E-state index contributed by atoms with van der Waals surface area (Å²) in [5.74, 6) is 0.179. The average molecular weight is 431 g/mol. The van der Waals surface area contributed by atoms with Crippen LogP contribution >= 0.6 is 23.4 Å². The second-order valence-corrected chi connectivity index (χ2v) is 7.69. The third kappa shape index (κ3) is 5.62. The molecule has 0 spiro atoms. The number of benzene rings is 2. The molecule has 0 radical (unpaired) electrons. The summed E-state index contributed by atoms with van der Waals surface area (Å²) in [5, 5.41) is 2.99. The van der Waals surface area contributed by atoms with Gasteiger partial charge in [-0.25, -0.2) is 0 Å². The van der Waals surface area contributed by atoms with E-state index in [1.54, 1.807) is 49.6 Å². The first kappa shape index (κ1) is 21.0. The molecule has 1 aliphatic heterocycles. The third-order valence-electron chi connectivity index (χ3n) is 4.22. The van der Waals surface area contributed by atoms with Crippen molar-refractivity contribution in [2.75, 3.05) is 20.2 Å². The number of nitrogens with zero attached hydrogens (tertiary/aromatic N) is 1. The molecule has 2 aromatic rings. The Bertz CT molecular complexity index is 942. The Labute approximate surface area is 177 Å². The van der Waals surface area contributed by atoms with Crippen LogP contribution < -0.4 is 10.1 Å². The molecule has 6 nitrogen and oxygen atoms in total. The van der Waals surface area contributed by atoms with Crippen molar-refractivity contribution in [1.82, 2.24) is 10.2 Å². The van der Waals surface area contributed by atoms with Crippen LogP contribution in [0.3, 0.4) is 0 Å². The van der Waals surface area contributed by atoms with Crippen molar-refractivity contribution >= 4 is 46.5 Å². The van der Waals surface area contributed by atoms with E-state index in [9.17, 15) is 14.4 Å². The molecule has 1 N–H and O–H groups in total. The molecule has 1 heterocycles. The summed E-state index contributed by atoms with van der Waals surface area (Å²) in [6.45, 7) is 0.318. The van der Waals surface area contributed by atoms with Gasteiger partial charge in [0.2, 0.25) is 5.91 Å². The quantitative estimate of drug-likeness (QED) is 0.677. The summed E-state index contributed by atoms with van der Waals surface area (Å²) >= 11 is 6.74. The molecule has 8 heteroatoms. The van der Waals surface area contributed by atoms with Crippen molar-refractivity contribution < 1.29 is 19.1 Å². The Balaban J connectivity index is 1.51. The summed E-state index contributed by atoms with van der Waals surface area (Å²) in [7, 11) is 1.58. The Kier molecular flexibility index (Phi) is 6.95. The molecule has 2 aromatic carbocycles. The molecule has 0 saturated carbocycles. The Morgan fingerprint density at radius 3 is 2.48 bits per heavy atom. The molecule has 0 bridgehead atoms. The third-order valence-corrected chi connectivity index (χ3v) is 5.38. The fourth-order valence-corrected chi connectivity index (χ4v) is 3.69. The summed E-state index contributed by atoms with van der Waals surface area (Å²) in [4.78, 5) is 38.2. The number of carbonyl (C=O) groups is 3. The van der Waals surface area contributed by atoms with Crippen molar-refractivity contribution in [1.29, 1.82) is 0 Å². The highest BCUT2D eigenvalue weighted by atomic mass is 35.5. The fourth-order valence-electron chi connectivity index (χ4n) is 2.70. The monoisotopic (exact) mass is 430 g/mol. The van der Waals surface area contributed by atoms with Crippen LogP contribution in [0.5, 0.6) is 5.75 Å². The summed E-state index contributed by atoms with van der Waals surface area (Å²) in [5.41, 5.74) is 1.63. The molecular formula is C21H19ClN2O4S. The lowest BCUT2D eigenvalue weighted by molar-refractivity contribution is -0.124. The van der Waals surface area contributed by atoms with Gasteiger partial charge in [-0.3, -0.25) is 19.3 Å². The van der Waals surface area contributed by atoms with E-state index in [2.05, 4.69) is 5.32 Å². The molecule has 3 amide bonds. The van der Waals surface area contributed by atoms with Crippen LogP contribution in [-0.4, -0.2) is 42.2 Å². The SMILES string of the molecule is COc1ccc(CC(=O)NCCN2C(=O)S/C(=C/c3ccc(Cl)cc3)C2=O)cc1. The van der Waals surface area contributed by atoms with Gasteiger partial charge in [-0.1, -0.05) is 35.9 Å². The number of hydrogen-bond acceptors (Lipinski definition) is 5. The first-order chi connectivity index (χ1) is 14.0. The van der Waals surface area contributed by atoms with Crippen LogP contribution in [0.2, 0.25) is 5.02 Å². The standard InChI is InChI=1S/C21H19ClN2O4S/c1-28-17-8-4-15(5-9-17)13-19(25)23-10-11-24-20(26)18(29-21(24)27)12-14-2-6-16(22)7-3-14/h2-9,12H,10-11,13H2,1H3,(H,23,25)/b18-12+. The van der Waals surface area contributed by atoms with E-state index in [0.29, 0.717) is 9.93 Å². The van der Waals surface area contributed by atoms with E-state index < -0.39 is 0 Å². The minimum atomic E-state index is -0.362. The number of methoxy groups -OCH3 is 1. The van der Waals surface area contributed by atoms with E-state index in [1.807, 2.05) is 12.1 Å². The molecule has 0 atom stereocenters. The average Bonchev–Trinajstić information content (AvgIpc) is 2.97. The number of thioether (sulfide) groups is 1. The maximum Gasteiger partial charge on any atom is 0.293 e. The zero-order valence-electron chi connectivity index (χ0n) is 15.7. The lowest BCUT2D eigenvalue weighted by Gasteiger charge is -2.13. The van der Waals surface area contributed by atoms with Crippen molar-refractivity contribution in [3.8, 4) is 5.75 Å². The van der Waals surface area contributed by atoms with E-state index in [1.165, 1.54) is 0 Å². The number of hydrogen-bond donors (Lipinski definition) is 1. The second kappa shape index (κ2) is 9.62. The lowest BCUT2D eigenvalue weighted by Crippen LogP contribution is -2.37. The number of amides is 3. The largest absolute Gasteiger partial charge is 0.497 e. The van der Waals surface area contributed by atoms with Crippen molar-refractivity contribution in [3.05, 3.63) is 69.6 Å². The predicted molar refractivity (Wildman–Crippen MR) is 114 cm³/mol. The predicted octanol–water partition coefficient (Wildman–Crippen LogP) is 3.74. The van der Waals surface area contributed by atoms with Gasteiger partial charge in [0.1, 0.15) is 5.75 Å². The number of ether oxygens (including phenoxy) is 1. The summed E-state index contributed by atoms with van der Waals surface area (Å²) in [6.07, 6.45) is 1.87. The number of imide groups is 1. The number of carbonyl (C=O) groups excluding carboxylic acids is 3. The van der Waals surface area contributed by atoms with Gasteiger partial charge in [0.15, 0.2) is 0 Å². The Morgan fingerprint density at radius 2 is 1.83 bits per heavy atom. The van der Waals surface area contributed by atoms with Gasteiger partial charge in [-0.2, -0.15) is 0 Å². The first-order valence-electron chi connectivity index (χ1n) is 8.87. The smallest absolute Gasteiger partial charge is 0.293 e. The van der Waals surface area contributed by atoms with Gasteiger partial charge in [0.25, 0.3) is 11.1 Å². The lowest BCUT2D eigenvalue weighted by atomic mass is 10.1. The van der Waals surface area contributed by atoms with Crippen LogP contribution in [0.1, 0.15) is 11.1 Å². The Morgan fingerprint density at radius 1 is 1.14 bits per heavy atom. The van der Waals surface area contributed by atoms with Crippen molar-refractivity contribution in [2.45, 2.75) is 6.42 Å². The van der Waals surface area contributed by atoms with E-state index in [-0.39, 0.29) is 36.6 Å². The zero-order chi connectivity index (χ0) is 20.8. The summed E-state index contributed by atoms with van der Waals surface area (Å²) in [6, 6.07) is 14.2. The van der Waals surface area contributed by atoms with Crippen molar-refractivity contribution in [3.63, 3.8) is 0 Å². The van der Waals surface area contributed by atoms with Crippen molar-refractivity contribution in [2.24, 2.45) is 0 Å². The highest BCUT2D eigenvalue weighted by molar-refractivity contribution is 8.18. The maximum absolute atomic E-state index is 12.5. The molecule has 1 fully saturated rings. The van der Waals surface area contributed by atoms with Gasteiger partial charge in [-0.15, -0.1) is 0 Å². The number of halogens is 1. The zero-order valence-corrected chi connectivity index (χ0v) is 17.3. The van der Waals surface area contributed by atoms with Gasteiger partial charge in [0.05, 0.1) is 18.4 Å². The molecule has 1 saturated heterocycles. The van der Waals surface area contributed by atoms with E-state index in [4.69, 9.17) is 16.3 Å². The van der Waals surface area contributed by atoms with Crippen LogP contribution in [0.15, 0.2) is 53.4 Å². The van der Waals surface area contributed by atoms with Gasteiger partial charge in [-0.05, 0) is 53.2 Å². The minimum Gasteiger partial charge on any atom is -0.497 e. The molecular weight excluding hydrogens is 412 g/mol. The van der Waals surface area contributed by atoms with Gasteiger partial charge >= 0.3 is 0 Å². The topological polar surface area (TPSA) is 75.7 Å². The van der Waals surface area contributed by atoms with Crippen LogP contribution in [-0.2, 0) is 16.0 Å². The van der Waals surface area contributed by atoms with Crippen LogP contribution in [0.25, 0.3) is 6.08 Å². The maximum atomic E-state index is 12.5.